The first-order chi connectivity index (χ1) is 8.02. The average molecular weight is 295 g/mol. The van der Waals surface area contributed by atoms with Crippen LogP contribution in [0.5, 0.6) is 0 Å². The van der Waals surface area contributed by atoms with Crippen LogP contribution in [0.2, 0.25) is 0 Å². The quantitative estimate of drug-likeness (QED) is 0.928. The van der Waals surface area contributed by atoms with Gasteiger partial charge >= 0.3 is 0 Å². The van der Waals surface area contributed by atoms with Crippen molar-refractivity contribution < 1.29 is 4.79 Å². The lowest BCUT2D eigenvalue weighted by atomic mass is 10.1. The van der Waals surface area contributed by atoms with Gasteiger partial charge in [-0.2, -0.15) is 5.26 Å². The molecule has 0 saturated heterocycles. The topological polar surface area (TPSA) is 52.9 Å². The van der Waals surface area contributed by atoms with Gasteiger partial charge in [0.1, 0.15) is 6.04 Å². The summed E-state index contributed by atoms with van der Waals surface area (Å²) >= 11 is 3.36. The third kappa shape index (κ3) is 4.58. The van der Waals surface area contributed by atoms with E-state index in [-0.39, 0.29) is 11.8 Å². The van der Waals surface area contributed by atoms with Gasteiger partial charge in [0.25, 0.3) is 0 Å². The summed E-state index contributed by atoms with van der Waals surface area (Å²) in [4.78, 5) is 11.7. The van der Waals surface area contributed by atoms with Crippen molar-refractivity contribution >= 4 is 21.8 Å². The average Bonchev–Trinajstić information content (AvgIpc) is 2.25. The van der Waals surface area contributed by atoms with Crippen LogP contribution in [0.4, 0.5) is 0 Å². The Morgan fingerprint density at radius 1 is 1.53 bits per heavy atom. The first-order valence-corrected chi connectivity index (χ1v) is 6.25. The molecule has 0 spiro atoms. The Labute approximate surface area is 110 Å². The lowest BCUT2D eigenvalue weighted by molar-refractivity contribution is -0.121. The van der Waals surface area contributed by atoms with E-state index in [4.69, 9.17) is 5.26 Å². The lowest BCUT2D eigenvalue weighted by Gasteiger charge is -2.14. The summed E-state index contributed by atoms with van der Waals surface area (Å²) < 4.78 is 0.948. The van der Waals surface area contributed by atoms with Crippen molar-refractivity contribution in [2.45, 2.75) is 26.3 Å². The molecule has 1 rings (SSSR count). The zero-order valence-corrected chi connectivity index (χ0v) is 11.5. The second-order valence-corrected chi connectivity index (χ2v) is 5.14. The molecule has 0 radical (unpaired) electrons. The molecule has 0 aliphatic heterocycles. The lowest BCUT2D eigenvalue weighted by Crippen LogP contribution is -2.38. The van der Waals surface area contributed by atoms with Crippen LogP contribution >= 0.6 is 15.9 Å². The molecule has 0 bridgehead atoms. The third-order valence-corrected chi connectivity index (χ3v) is 2.87. The van der Waals surface area contributed by atoms with E-state index in [0.29, 0.717) is 6.42 Å². The number of nitrogens with zero attached hydrogens (tertiary/aromatic N) is 1. The van der Waals surface area contributed by atoms with Crippen molar-refractivity contribution in [3.63, 3.8) is 0 Å². The second kappa shape index (κ2) is 6.41. The van der Waals surface area contributed by atoms with E-state index >= 15 is 0 Å². The molecule has 0 aliphatic carbocycles. The van der Waals surface area contributed by atoms with Crippen molar-refractivity contribution in [1.29, 1.82) is 5.26 Å². The van der Waals surface area contributed by atoms with Crippen molar-refractivity contribution in [2.75, 3.05) is 0 Å². The van der Waals surface area contributed by atoms with Gasteiger partial charge in [-0.3, -0.25) is 4.79 Å². The predicted octanol–water partition coefficient (Wildman–Crippen LogP) is 2.66. The minimum atomic E-state index is -0.422. The summed E-state index contributed by atoms with van der Waals surface area (Å²) in [6.45, 7) is 3.82. The first-order valence-electron chi connectivity index (χ1n) is 5.46. The fraction of sp³-hybridized carbons (Fsp3) is 0.385. The standard InChI is InChI=1S/C13H15BrN2O/c1-9(2)12(8-15)16-13(17)7-10-4-3-5-11(14)6-10/h3-6,9,12H,7H2,1-2H3,(H,16,17). The highest BCUT2D eigenvalue weighted by Crippen LogP contribution is 2.12. The number of halogens is 1. The molecule has 1 atom stereocenters. The molecule has 1 N–H and O–H groups in total. The Balaban J connectivity index is 2.59. The normalized spacial score (nSPS) is 11.9. The molecule has 0 saturated carbocycles. The Bertz CT molecular complexity index is 437. The van der Waals surface area contributed by atoms with E-state index < -0.39 is 6.04 Å². The maximum absolute atomic E-state index is 11.7. The van der Waals surface area contributed by atoms with E-state index in [1.165, 1.54) is 0 Å². The van der Waals surface area contributed by atoms with Crippen LogP contribution in [0.25, 0.3) is 0 Å². The minimum Gasteiger partial charge on any atom is -0.340 e. The van der Waals surface area contributed by atoms with Gasteiger partial charge in [-0.25, -0.2) is 0 Å². The Morgan fingerprint density at radius 2 is 2.24 bits per heavy atom. The highest BCUT2D eigenvalue weighted by atomic mass is 79.9. The van der Waals surface area contributed by atoms with Gasteiger partial charge in [-0.05, 0) is 23.6 Å². The van der Waals surface area contributed by atoms with E-state index in [2.05, 4.69) is 27.3 Å². The van der Waals surface area contributed by atoms with Crippen molar-refractivity contribution in [1.82, 2.24) is 5.32 Å². The summed E-state index contributed by atoms with van der Waals surface area (Å²) in [6, 6.07) is 9.25. The maximum Gasteiger partial charge on any atom is 0.225 e. The Hall–Kier alpha value is -1.34. The van der Waals surface area contributed by atoms with Gasteiger partial charge in [0.15, 0.2) is 0 Å². The zero-order chi connectivity index (χ0) is 12.8. The number of benzene rings is 1. The highest BCUT2D eigenvalue weighted by Gasteiger charge is 2.15. The van der Waals surface area contributed by atoms with Crippen LogP contribution in [0.15, 0.2) is 28.7 Å². The van der Waals surface area contributed by atoms with Crippen molar-refractivity contribution in [2.24, 2.45) is 5.92 Å². The molecule has 0 aromatic heterocycles. The summed E-state index contributed by atoms with van der Waals surface area (Å²) in [5.74, 6) is -0.00481. The first kappa shape index (κ1) is 13.7. The molecule has 1 aromatic carbocycles. The van der Waals surface area contributed by atoms with E-state index in [1.807, 2.05) is 38.1 Å². The third-order valence-electron chi connectivity index (χ3n) is 2.38. The summed E-state index contributed by atoms with van der Waals surface area (Å²) in [5, 5.41) is 11.6. The number of nitrogens with one attached hydrogen (secondary N) is 1. The monoisotopic (exact) mass is 294 g/mol. The van der Waals surface area contributed by atoms with Gasteiger partial charge in [0, 0.05) is 4.47 Å². The SMILES string of the molecule is CC(C)C(C#N)NC(=O)Cc1cccc(Br)c1. The second-order valence-electron chi connectivity index (χ2n) is 4.22. The largest absolute Gasteiger partial charge is 0.340 e. The number of amides is 1. The molecule has 0 fully saturated rings. The molecule has 0 aliphatic rings. The van der Waals surface area contributed by atoms with Crippen LogP contribution < -0.4 is 5.32 Å². The predicted molar refractivity (Wildman–Crippen MR) is 70.2 cm³/mol. The zero-order valence-electron chi connectivity index (χ0n) is 9.90. The Morgan fingerprint density at radius 3 is 2.76 bits per heavy atom. The number of carbonyl (C=O) groups excluding carboxylic acids is 1. The number of hydrogen-bond donors (Lipinski definition) is 1. The van der Waals surface area contributed by atoms with Crippen LogP contribution in [-0.4, -0.2) is 11.9 Å². The fourth-order valence-corrected chi connectivity index (χ4v) is 1.85. The molecule has 90 valence electrons. The van der Waals surface area contributed by atoms with Gasteiger partial charge in [-0.15, -0.1) is 0 Å². The van der Waals surface area contributed by atoms with Crippen LogP contribution in [0, 0.1) is 17.2 Å². The van der Waals surface area contributed by atoms with Crippen LogP contribution in [-0.2, 0) is 11.2 Å². The van der Waals surface area contributed by atoms with Gasteiger partial charge in [0.05, 0.1) is 12.5 Å². The van der Waals surface area contributed by atoms with Crippen molar-refractivity contribution in [3.8, 4) is 6.07 Å². The molecular formula is C13H15BrN2O. The molecule has 4 heteroatoms. The summed E-state index contributed by atoms with van der Waals surface area (Å²) in [5.41, 5.74) is 0.928. The number of nitriles is 1. The Kier molecular flexibility index (Phi) is 5.17. The molecule has 1 aromatic rings. The molecule has 1 amide bonds. The van der Waals surface area contributed by atoms with E-state index in [0.717, 1.165) is 10.0 Å². The van der Waals surface area contributed by atoms with Gasteiger partial charge < -0.3 is 5.32 Å². The molecule has 1 unspecified atom stereocenters. The smallest absolute Gasteiger partial charge is 0.225 e. The minimum absolute atomic E-state index is 0.117. The number of hydrogen-bond acceptors (Lipinski definition) is 2. The highest BCUT2D eigenvalue weighted by molar-refractivity contribution is 9.10. The number of carbonyl (C=O) groups is 1. The van der Waals surface area contributed by atoms with E-state index in [1.54, 1.807) is 0 Å². The summed E-state index contributed by atoms with van der Waals surface area (Å²) in [7, 11) is 0. The fourth-order valence-electron chi connectivity index (χ4n) is 1.40. The van der Waals surface area contributed by atoms with Crippen molar-refractivity contribution in [3.05, 3.63) is 34.3 Å². The molecule has 3 nitrogen and oxygen atoms in total. The van der Waals surface area contributed by atoms with Gasteiger partial charge in [-0.1, -0.05) is 41.9 Å². The number of rotatable bonds is 4. The molecule has 17 heavy (non-hydrogen) atoms. The van der Waals surface area contributed by atoms with E-state index in [9.17, 15) is 4.79 Å². The maximum atomic E-state index is 11.7. The van der Waals surface area contributed by atoms with Crippen LogP contribution in [0.1, 0.15) is 19.4 Å². The van der Waals surface area contributed by atoms with Crippen LogP contribution in [0.3, 0.4) is 0 Å². The molecule has 0 heterocycles. The molecular weight excluding hydrogens is 280 g/mol. The van der Waals surface area contributed by atoms with Gasteiger partial charge in [0.2, 0.25) is 5.91 Å². The summed E-state index contributed by atoms with van der Waals surface area (Å²) in [6.07, 6.45) is 0.296.